The first-order valence-electron chi connectivity index (χ1n) is 4.49. The van der Waals surface area contributed by atoms with Gasteiger partial charge in [0.15, 0.2) is 0 Å². The Morgan fingerprint density at radius 3 is 2.50 bits per heavy atom. The lowest BCUT2D eigenvalue weighted by Crippen LogP contribution is -1.84. The van der Waals surface area contributed by atoms with E-state index in [1.165, 1.54) is 5.56 Å². The van der Waals surface area contributed by atoms with Crippen molar-refractivity contribution in [1.82, 2.24) is 4.98 Å². The third-order valence-electron chi connectivity index (χ3n) is 1.87. The standard InChI is InChI=1S/C12H11NO/c1-10-3-2-4-12(9-10)14-11-5-7-13-8-6-11/h2-9H,1H3. The van der Waals surface area contributed by atoms with Crippen molar-refractivity contribution < 1.29 is 4.74 Å². The predicted octanol–water partition coefficient (Wildman–Crippen LogP) is 3.18. The molecule has 0 unspecified atom stereocenters. The van der Waals surface area contributed by atoms with E-state index in [9.17, 15) is 0 Å². The minimum absolute atomic E-state index is 0.811. The van der Waals surface area contributed by atoms with Gasteiger partial charge < -0.3 is 4.74 Å². The molecule has 2 nitrogen and oxygen atoms in total. The van der Waals surface area contributed by atoms with Gasteiger partial charge in [0.25, 0.3) is 0 Å². The molecule has 1 aromatic carbocycles. The third kappa shape index (κ3) is 2.10. The molecular formula is C12H11NO. The molecule has 2 heteroatoms. The summed E-state index contributed by atoms with van der Waals surface area (Å²) in [6.07, 6.45) is 3.43. The highest BCUT2D eigenvalue weighted by molar-refractivity contribution is 5.32. The first kappa shape index (κ1) is 8.75. The van der Waals surface area contributed by atoms with E-state index >= 15 is 0 Å². The molecule has 0 radical (unpaired) electrons. The Morgan fingerprint density at radius 2 is 1.79 bits per heavy atom. The van der Waals surface area contributed by atoms with E-state index in [1.54, 1.807) is 12.4 Å². The van der Waals surface area contributed by atoms with E-state index in [-0.39, 0.29) is 0 Å². The number of nitrogens with zero attached hydrogens (tertiary/aromatic N) is 1. The lowest BCUT2D eigenvalue weighted by Gasteiger charge is -2.05. The topological polar surface area (TPSA) is 22.1 Å². The lowest BCUT2D eigenvalue weighted by atomic mass is 10.2. The molecule has 1 aromatic heterocycles. The zero-order valence-corrected chi connectivity index (χ0v) is 7.97. The monoisotopic (exact) mass is 185 g/mol. The summed E-state index contributed by atoms with van der Waals surface area (Å²) < 4.78 is 5.62. The Balaban J connectivity index is 2.19. The van der Waals surface area contributed by atoms with Crippen LogP contribution in [0.15, 0.2) is 48.8 Å². The Morgan fingerprint density at radius 1 is 1.00 bits per heavy atom. The van der Waals surface area contributed by atoms with Crippen molar-refractivity contribution >= 4 is 0 Å². The minimum atomic E-state index is 0.811. The van der Waals surface area contributed by atoms with Crippen LogP contribution in [-0.4, -0.2) is 4.98 Å². The normalized spacial score (nSPS) is 9.79. The summed E-state index contributed by atoms with van der Waals surface area (Å²) in [4.78, 5) is 3.92. The number of hydrogen-bond donors (Lipinski definition) is 0. The van der Waals surface area contributed by atoms with Crippen molar-refractivity contribution in [2.45, 2.75) is 6.92 Å². The van der Waals surface area contributed by atoms with E-state index < -0.39 is 0 Å². The number of pyridine rings is 1. The smallest absolute Gasteiger partial charge is 0.130 e. The van der Waals surface area contributed by atoms with Gasteiger partial charge in [-0.1, -0.05) is 12.1 Å². The van der Waals surface area contributed by atoms with Gasteiger partial charge in [0, 0.05) is 12.4 Å². The highest BCUT2D eigenvalue weighted by atomic mass is 16.5. The van der Waals surface area contributed by atoms with Crippen LogP contribution in [0.2, 0.25) is 0 Å². The second kappa shape index (κ2) is 3.92. The van der Waals surface area contributed by atoms with E-state index in [0.717, 1.165) is 11.5 Å². The Kier molecular flexibility index (Phi) is 2.45. The number of rotatable bonds is 2. The molecule has 0 aliphatic rings. The summed E-state index contributed by atoms with van der Waals surface area (Å²) in [7, 11) is 0. The van der Waals surface area contributed by atoms with Crippen LogP contribution in [0.5, 0.6) is 11.5 Å². The molecule has 0 spiro atoms. The minimum Gasteiger partial charge on any atom is -0.457 e. The fourth-order valence-corrected chi connectivity index (χ4v) is 1.22. The van der Waals surface area contributed by atoms with Crippen molar-refractivity contribution in [3.05, 3.63) is 54.4 Å². The highest BCUT2D eigenvalue weighted by Gasteiger charge is 1.95. The second-order valence-corrected chi connectivity index (χ2v) is 3.10. The van der Waals surface area contributed by atoms with Crippen LogP contribution in [0, 0.1) is 6.92 Å². The second-order valence-electron chi connectivity index (χ2n) is 3.10. The van der Waals surface area contributed by atoms with Gasteiger partial charge in [-0.2, -0.15) is 0 Å². The van der Waals surface area contributed by atoms with Crippen LogP contribution in [0.4, 0.5) is 0 Å². The largest absolute Gasteiger partial charge is 0.457 e. The van der Waals surface area contributed by atoms with E-state index in [2.05, 4.69) is 4.98 Å². The average Bonchev–Trinajstić information content (AvgIpc) is 2.19. The zero-order chi connectivity index (χ0) is 9.80. The summed E-state index contributed by atoms with van der Waals surface area (Å²) >= 11 is 0. The lowest BCUT2D eigenvalue weighted by molar-refractivity contribution is 0.481. The first-order valence-corrected chi connectivity index (χ1v) is 4.49. The number of aryl methyl sites for hydroxylation is 1. The van der Waals surface area contributed by atoms with Gasteiger partial charge in [0.1, 0.15) is 11.5 Å². The van der Waals surface area contributed by atoms with Crippen molar-refractivity contribution in [3.63, 3.8) is 0 Å². The Hall–Kier alpha value is -1.83. The molecule has 0 N–H and O–H groups in total. The molecule has 0 saturated carbocycles. The maximum absolute atomic E-state index is 5.62. The average molecular weight is 185 g/mol. The molecule has 2 rings (SSSR count). The number of aromatic nitrogens is 1. The Labute approximate surface area is 83.2 Å². The van der Waals surface area contributed by atoms with Crippen LogP contribution < -0.4 is 4.74 Å². The molecule has 0 atom stereocenters. The summed E-state index contributed by atoms with van der Waals surface area (Å²) in [6, 6.07) is 11.6. The van der Waals surface area contributed by atoms with E-state index in [4.69, 9.17) is 4.74 Å². The fraction of sp³-hybridized carbons (Fsp3) is 0.0833. The SMILES string of the molecule is Cc1cccc(Oc2ccncc2)c1. The van der Waals surface area contributed by atoms with Crippen molar-refractivity contribution in [3.8, 4) is 11.5 Å². The summed E-state index contributed by atoms with van der Waals surface area (Å²) in [6.45, 7) is 2.04. The molecule has 0 fully saturated rings. The van der Waals surface area contributed by atoms with Gasteiger partial charge in [-0.15, -0.1) is 0 Å². The first-order chi connectivity index (χ1) is 6.84. The molecule has 14 heavy (non-hydrogen) atoms. The highest BCUT2D eigenvalue weighted by Crippen LogP contribution is 2.20. The van der Waals surface area contributed by atoms with Crippen LogP contribution in [-0.2, 0) is 0 Å². The number of benzene rings is 1. The summed E-state index contributed by atoms with van der Waals surface area (Å²) in [5.41, 5.74) is 1.19. The molecule has 70 valence electrons. The number of ether oxygens (including phenoxy) is 1. The molecule has 0 aliphatic carbocycles. The molecule has 0 bridgehead atoms. The van der Waals surface area contributed by atoms with Gasteiger partial charge in [0.05, 0.1) is 0 Å². The molecule has 0 amide bonds. The zero-order valence-electron chi connectivity index (χ0n) is 7.97. The van der Waals surface area contributed by atoms with Gasteiger partial charge in [0.2, 0.25) is 0 Å². The van der Waals surface area contributed by atoms with Crippen molar-refractivity contribution in [1.29, 1.82) is 0 Å². The van der Waals surface area contributed by atoms with Crippen LogP contribution in [0.1, 0.15) is 5.56 Å². The molecule has 0 saturated heterocycles. The van der Waals surface area contributed by atoms with E-state index in [0.29, 0.717) is 0 Å². The molecule has 1 heterocycles. The third-order valence-corrected chi connectivity index (χ3v) is 1.87. The van der Waals surface area contributed by atoms with Crippen molar-refractivity contribution in [2.75, 3.05) is 0 Å². The van der Waals surface area contributed by atoms with Gasteiger partial charge >= 0.3 is 0 Å². The molecular weight excluding hydrogens is 174 g/mol. The molecule has 0 aliphatic heterocycles. The maximum Gasteiger partial charge on any atom is 0.130 e. The van der Waals surface area contributed by atoms with E-state index in [1.807, 2.05) is 43.3 Å². The van der Waals surface area contributed by atoms with Gasteiger partial charge in [-0.3, -0.25) is 4.98 Å². The number of hydrogen-bond acceptors (Lipinski definition) is 2. The molecule has 2 aromatic rings. The maximum atomic E-state index is 5.62. The van der Waals surface area contributed by atoms with Crippen molar-refractivity contribution in [2.24, 2.45) is 0 Å². The predicted molar refractivity (Wildman–Crippen MR) is 55.5 cm³/mol. The summed E-state index contributed by atoms with van der Waals surface area (Å²) in [5.74, 6) is 1.67. The fourth-order valence-electron chi connectivity index (χ4n) is 1.22. The van der Waals surface area contributed by atoms with Gasteiger partial charge in [-0.05, 0) is 36.8 Å². The van der Waals surface area contributed by atoms with Gasteiger partial charge in [-0.25, -0.2) is 0 Å². The Bertz CT molecular complexity index is 412. The van der Waals surface area contributed by atoms with Crippen LogP contribution in [0.3, 0.4) is 0 Å². The van der Waals surface area contributed by atoms with Crippen LogP contribution in [0.25, 0.3) is 0 Å². The van der Waals surface area contributed by atoms with Crippen LogP contribution >= 0.6 is 0 Å². The quantitative estimate of drug-likeness (QED) is 0.716. The summed E-state index contributed by atoms with van der Waals surface area (Å²) in [5, 5.41) is 0.